The Bertz CT molecular complexity index is 528. The van der Waals surface area contributed by atoms with Gasteiger partial charge < -0.3 is 4.74 Å². The van der Waals surface area contributed by atoms with Crippen molar-refractivity contribution in [2.24, 2.45) is 0 Å². The molecule has 92 valence electrons. The Morgan fingerprint density at radius 2 is 1.89 bits per heavy atom. The van der Waals surface area contributed by atoms with Gasteiger partial charge in [0.05, 0.1) is 5.75 Å². The lowest BCUT2D eigenvalue weighted by Gasteiger charge is -2.04. The molecule has 2 aromatic carbocycles. The number of rotatable bonds is 4. The molecule has 18 heavy (non-hydrogen) atoms. The molecule has 4 heteroatoms. The lowest BCUT2D eigenvalue weighted by molar-refractivity contribution is -0.131. The minimum Gasteiger partial charge on any atom is -0.426 e. The lowest BCUT2D eigenvalue weighted by atomic mass is 10.3. The number of benzene rings is 2. The van der Waals surface area contributed by atoms with Crippen molar-refractivity contribution >= 4 is 17.7 Å². The van der Waals surface area contributed by atoms with Crippen LogP contribution < -0.4 is 4.74 Å². The maximum Gasteiger partial charge on any atom is 0.321 e. The van der Waals surface area contributed by atoms with Crippen LogP contribution in [0.4, 0.5) is 4.39 Å². The molecule has 0 spiro atoms. The van der Waals surface area contributed by atoms with Crippen molar-refractivity contribution in [1.29, 1.82) is 0 Å². The van der Waals surface area contributed by atoms with E-state index in [1.54, 1.807) is 6.07 Å². The van der Waals surface area contributed by atoms with Crippen LogP contribution in [-0.4, -0.2) is 11.7 Å². The molecule has 0 aliphatic rings. The molecule has 0 aliphatic heterocycles. The van der Waals surface area contributed by atoms with Gasteiger partial charge in [-0.25, -0.2) is 4.39 Å². The molecule has 2 rings (SSSR count). The van der Waals surface area contributed by atoms with Crippen LogP contribution in [0.15, 0.2) is 59.5 Å². The number of carbonyl (C=O) groups excluding carboxylic acids is 1. The lowest BCUT2D eigenvalue weighted by Crippen LogP contribution is -2.10. The Morgan fingerprint density at radius 1 is 1.11 bits per heavy atom. The molecule has 0 heterocycles. The summed E-state index contributed by atoms with van der Waals surface area (Å²) in [6, 6.07) is 15.1. The van der Waals surface area contributed by atoms with Gasteiger partial charge in [-0.15, -0.1) is 11.8 Å². The quantitative estimate of drug-likeness (QED) is 0.479. The van der Waals surface area contributed by atoms with Gasteiger partial charge in [-0.05, 0) is 24.3 Å². The Balaban J connectivity index is 1.86. The molecule has 0 radical (unpaired) electrons. The first kappa shape index (κ1) is 12.6. The van der Waals surface area contributed by atoms with Crippen molar-refractivity contribution in [3.05, 3.63) is 60.4 Å². The van der Waals surface area contributed by atoms with Crippen LogP contribution in [0.3, 0.4) is 0 Å². The Morgan fingerprint density at radius 3 is 2.61 bits per heavy atom. The van der Waals surface area contributed by atoms with E-state index in [9.17, 15) is 9.18 Å². The third-order valence-electron chi connectivity index (χ3n) is 2.13. The van der Waals surface area contributed by atoms with Crippen molar-refractivity contribution in [3.8, 4) is 5.75 Å². The summed E-state index contributed by atoms with van der Waals surface area (Å²) in [5.74, 6) is -0.389. The minimum atomic E-state index is -0.420. The van der Waals surface area contributed by atoms with E-state index in [2.05, 4.69) is 0 Å². The van der Waals surface area contributed by atoms with E-state index in [-0.39, 0.29) is 11.5 Å². The van der Waals surface area contributed by atoms with Gasteiger partial charge in [-0.2, -0.15) is 0 Å². The number of thioether (sulfide) groups is 1. The first-order chi connectivity index (χ1) is 8.74. The van der Waals surface area contributed by atoms with Crippen LogP contribution >= 0.6 is 11.8 Å². The highest BCUT2D eigenvalue weighted by atomic mass is 32.2. The van der Waals surface area contributed by atoms with Crippen molar-refractivity contribution in [1.82, 2.24) is 0 Å². The largest absolute Gasteiger partial charge is 0.426 e. The highest BCUT2D eigenvalue weighted by Gasteiger charge is 2.06. The van der Waals surface area contributed by atoms with Gasteiger partial charge in [0.15, 0.2) is 0 Å². The van der Waals surface area contributed by atoms with E-state index in [0.717, 1.165) is 4.90 Å². The highest BCUT2D eigenvalue weighted by Crippen LogP contribution is 2.18. The normalized spacial score (nSPS) is 10.1. The molecule has 2 nitrogen and oxygen atoms in total. The predicted octanol–water partition coefficient (Wildman–Crippen LogP) is 3.52. The maximum atomic E-state index is 12.9. The zero-order valence-electron chi connectivity index (χ0n) is 9.51. The Kier molecular flexibility index (Phi) is 4.36. The SMILES string of the molecule is O=C(CSc1ccccc1)Oc1cccc(F)c1. The summed E-state index contributed by atoms with van der Waals surface area (Å²) in [7, 11) is 0. The average molecular weight is 262 g/mol. The van der Waals surface area contributed by atoms with E-state index in [1.165, 1.54) is 30.0 Å². The van der Waals surface area contributed by atoms with Crippen molar-refractivity contribution in [2.45, 2.75) is 4.90 Å². The van der Waals surface area contributed by atoms with E-state index in [4.69, 9.17) is 4.74 Å². The fraction of sp³-hybridized carbons (Fsp3) is 0.0714. The summed E-state index contributed by atoms with van der Waals surface area (Å²) >= 11 is 1.38. The van der Waals surface area contributed by atoms with E-state index in [1.807, 2.05) is 30.3 Å². The molecule has 2 aromatic rings. The molecule has 0 aromatic heterocycles. The highest BCUT2D eigenvalue weighted by molar-refractivity contribution is 8.00. The van der Waals surface area contributed by atoms with Gasteiger partial charge in [0.2, 0.25) is 0 Å². The summed E-state index contributed by atoms with van der Waals surface area (Å²) in [5.41, 5.74) is 0. The molecule has 0 unspecified atom stereocenters. The second kappa shape index (κ2) is 6.21. The van der Waals surface area contributed by atoms with E-state index >= 15 is 0 Å². The third-order valence-corrected chi connectivity index (χ3v) is 3.11. The van der Waals surface area contributed by atoms with Gasteiger partial charge >= 0.3 is 5.97 Å². The number of halogens is 1. The molecule has 0 fully saturated rings. The van der Waals surface area contributed by atoms with Crippen molar-refractivity contribution in [2.75, 3.05) is 5.75 Å². The third kappa shape index (κ3) is 3.89. The second-order valence-electron chi connectivity index (χ2n) is 3.53. The first-order valence-corrected chi connectivity index (χ1v) is 6.37. The topological polar surface area (TPSA) is 26.3 Å². The van der Waals surface area contributed by atoms with Crippen LogP contribution in [0, 0.1) is 5.82 Å². The average Bonchev–Trinajstić information content (AvgIpc) is 2.38. The van der Waals surface area contributed by atoms with Crippen LogP contribution in [0.2, 0.25) is 0 Å². The fourth-order valence-electron chi connectivity index (χ4n) is 1.35. The Labute approximate surface area is 109 Å². The molecule has 0 atom stereocenters. The number of hydrogen-bond donors (Lipinski definition) is 0. The number of hydrogen-bond acceptors (Lipinski definition) is 3. The number of carbonyl (C=O) groups is 1. The Hall–Kier alpha value is -1.81. The van der Waals surface area contributed by atoms with Crippen LogP contribution in [-0.2, 0) is 4.79 Å². The zero-order chi connectivity index (χ0) is 12.8. The molecular weight excluding hydrogens is 251 g/mol. The summed E-state index contributed by atoms with van der Waals surface area (Å²) in [5, 5.41) is 0. The van der Waals surface area contributed by atoms with Crippen molar-refractivity contribution < 1.29 is 13.9 Å². The molecule has 0 bridgehead atoms. The number of ether oxygens (including phenoxy) is 1. The molecular formula is C14H11FO2S. The fourth-order valence-corrected chi connectivity index (χ4v) is 2.04. The molecule has 0 N–H and O–H groups in total. The predicted molar refractivity (Wildman–Crippen MR) is 69.2 cm³/mol. The molecule has 0 saturated carbocycles. The van der Waals surface area contributed by atoms with Gasteiger partial charge in [-0.1, -0.05) is 24.3 Å². The van der Waals surface area contributed by atoms with E-state index < -0.39 is 11.8 Å². The summed E-state index contributed by atoms with van der Waals surface area (Å²) < 4.78 is 17.9. The van der Waals surface area contributed by atoms with Gasteiger partial charge in [-0.3, -0.25) is 4.79 Å². The van der Waals surface area contributed by atoms with Crippen molar-refractivity contribution in [3.63, 3.8) is 0 Å². The zero-order valence-corrected chi connectivity index (χ0v) is 10.3. The first-order valence-electron chi connectivity index (χ1n) is 5.38. The van der Waals surface area contributed by atoms with Crippen LogP contribution in [0.1, 0.15) is 0 Å². The number of esters is 1. The van der Waals surface area contributed by atoms with Crippen LogP contribution in [0.5, 0.6) is 5.75 Å². The van der Waals surface area contributed by atoms with E-state index in [0.29, 0.717) is 0 Å². The second-order valence-corrected chi connectivity index (χ2v) is 4.58. The standard InChI is InChI=1S/C14H11FO2S/c15-11-5-4-6-12(9-11)17-14(16)10-18-13-7-2-1-3-8-13/h1-9H,10H2. The molecule has 0 aliphatic carbocycles. The summed E-state index contributed by atoms with van der Waals surface area (Å²) in [4.78, 5) is 12.5. The minimum absolute atomic E-state index is 0.195. The maximum absolute atomic E-state index is 12.9. The van der Waals surface area contributed by atoms with Crippen LogP contribution in [0.25, 0.3) is 0 Å². The van der Waals surface area contributed by atoms with Gasteiger partial charge in [0.25, 0.3) is 0 Å². The molecule has 0 amide bonds. The summed E-state index contributed by atoms with van der Waals surface area (Å²) in [6.45, 7) is 0. The monoisotopic (exact) mass is 262 g/mol. The summed E-state index contributed by atoms with van der Waals surface area (Å²) in [6.07, 6.45) is 0. The smallest absolute Gasteiger partial charge is 0.321 e. The molecule has 0 saturated heterocycles. The van der Waals surface area contributed by atoms with Gasteiger partial charge in [0.1, 0.15) is 11.6 Å². The van der Waals surface area contributed by atoms with Gasteiger partial charge in [0, 0.05) is 11.0 Å².